The third kappa shape index (κ3) is 6.06. The molecule has 4 aromatic carbocycles. The van der Waals surface area contributed by atoms with Gasteiger partial charge in [-0.25, -0.2) is 5.01 Å². The van der Waals surface area contributed by atoms with Crippen LogP contribution < -0.4 is 9.47 Å². The zero-order chi connectivity index (χ0) is 30.5. The average Bonchev–Trinajstić information content (AvgIpc) is 3.47. The minimum Gasteiger partial charge on any atom is -0.494 e. The Morgan fingerprint density at radius 3 is 2.00 bits per heavy atom. The Bertz CT molecular complexity index is 1670. The Kier molecular flexibility index (Phi) is 8.69. The standard InChI is InChI=1S/C38H36N2O4/c1-3-43-32-21-13-26(14-22-32)25-31-11-8-12-34-35(31)39-40(36(34)27-19-23-33(24-20-27)44-4-2)38(42)30-17-15-29(16-18-30)37(41)28-9-6-5-7-10-28/h5-7,9-10,13-25,34,36H,3-4,8,11-12H2,1-2H3/b31-25-/t34-,36-/m0/s1. The number of nitrogens with zero attached hydrogens (tertiary/aromatic N) is 2. The van der Waals surface area contributed by atoms with Crippen LogP contribution in [-0.4, -0.2) is 35.6 Å². The number of hydrazone groups is 1. The maximum absolute atomic E-state index is 14.1. The van der Waals surface area contributed by atoms with Crippen LogP contribution in [0.25, 0.3) is 6.08 Å². The van der Waals surface area contributed by atoms with Crippen LogP contribution in [0, 0.1) is 5.92 Å². The molecule has 44 heavy (non-hydrogen) atoms. The van der Waals surface area contributed by atoms with Crippen LogP contribution in [-0.2, 0) is 0 Å². The number of carbonyl (C=O) groups is 2. The summed E-state index contributed by atoms with van der Waals surface area (Å²) >= 11 is 0. The van der Waals surface area contributed by atoms with Crippen LogP contribution in [0.4, 0.5) is 0 Å². The lowest BCUT2D eigenvalue weighted by atomic mass is 9.77. The average molecular weight is 585 g/mol. The van der Waals surface area contributed by atoms with E-state index in [2.05, 4.69) is 18.2 Å². The summed E-state index contributed by atoms with van der Waals surface area (Å²) in [4.78, 5) is 27.1. The largest absolute Gasteiger partial charge is 0.494 e. The molecular weight excluding hydrogens is 548 g/mol. The normalized spacial score (nSPS) is 18.5. The number of hydrogen-bond donors (Lipinski definition) is 0. The molecular formula is C38H36N2O4. The summed E-state index contributed by atoms with van der Waals surface area (Å²) in [6.45, 7) is 5.15. The van der Waals surface area contributed by atoms with Gasteiger partial charge in [0.05, 0.1) is 25.0 Å². The molecule has 6 heteroatoms. The van der Waals surface area contributed by atoms with Gasteiger partial charge in [-0.2, -0.15) is 5.10 Å². The predicted octanol–water partition coefficient (Wildman–Crippen LogP) is 8.15. The van der Waals surface area contributed by atoms with Crippen molar-refractivity contribution in [2.75, 3.05) is 13.2 Å². The maximum Gasteiger partial charge on any atom is 0.274 e. The molecule has 1 aliphatic carbocycles. The molecule has 0 radical (unpaired) electrons. The number of amides is 1. The van der Waals surface area contributed by atoms with Gasteiger partial charge >= 0.3 is 0 Å². The van der Waals surface area contributed by atoms with Crippen molar-refractivity contribution >= 4 is 23.5 Å². The van der Waals surface area contributed by atoms with E-state index in [4.69, 9.17) is 14.6 Å². The topological polar surface area (TPSA) is 68.2 Å². The second-order valence-corrected chi connectivity index (χ2v) is 11.0. The second-order valence-electron chi connectivity index (χ2n) is 11.0. The zero-order valence-electron chi connectivity index (χ0n) is 25.1. The number of allylic oxidation sites excluding steroid dienone is 1. The third-order valence-electron chi connectivity index (χ3n) is 8.20. The van der Waals surface area contributed by atoms with Crippen molar-refractivity contribution in [3.63, 3.8) is 0 Å². The van der Waals surface area contributed by atoms with Gasteiger partial charge in [0, 0.05) is 22.6 Å². The summed E-state index contributed by atoms with van der Waals surface area (Å²) in [6, 6.07) is 31.9. The number of rotatable bonds is 9. The number of benzene rings is 4. The molecule has 0 spiro atoms. The number of ether oxygens (including phenoxy) is 2. The van der Waals surface area contributed by atoms with Crippen LogP contribution in [0.2, 0.25) is 0 Å². The lowest BCUT2D eigenvalue weighted by Crippen LogP contribution is -2.32. The Morgan fingerprint density at radius 2 is 1.36 bits per heavy atom. The van der Waals surface area contributed by atoms with Crippen molar-refractivity contribution in [2.45, 2.75) is 39.2 Å². The van der Waals surface area contributed by atoms with Crippen LogP contribution in [0.5, 0.6) is 11.5 Å². The molecule has 0 N–H and O–H groups in total. The Balaban J connectivity index is 1.33. The molecule has 4 aromatic rings. The molecule has 1 fully saturated rings. The number of ketones is 1. The zero-order valence-corrected chi connectivity index (χ0v) is 25.1. The van der Waals surface area contributed by atoms with Gasteiger partial charge < -0.3 is 9.47 Å². The highest BCUT2D eigenvalue weighted by Crippen LogP contribution is 2.45. The Hall–Kier alpha value is -4.97. The fourth-order valence-corrected chi connectivity index (χ4v) is 6.11. The molecule has 0 bridgehead atoms. The van der Waals surface area contributed by atoms with Gasteiger partial charge in [0.15, 0.2) is 5.78 Å². The minimum absolute atomic E-state index is 0.0681. The fraction of sp³-hybridized carbons (Fsp3) is 0.237. The van der Waals surface area contributed by atoms with Gasteiger partial charge in [-0.3, -0.25) is 9.59 Å². The minimum atomic E-state index is -0.247. The molecule has 6 rings (SSSR count). The van der Waals surface area contributed by atoms with Gasteiger partial charge in [-0.1, -0.05) is 66.7 Å². The molecule has 0 saturated heterocycles. The first-order chi connectivity index (χ1) is 21.6. The summed E-state index contributed by atoms with van der Waals surface area (Å²) < 4.78 is 11.3. The molecule has 222 valence electrons. The van der Waals surface area contributed by atoms with E-state index in [0.717, 1.165) is 53.2 Å². The van der Waals surface area contributed by atoms with Crippen LogP contribution in [0.15, 0.2) is 114 Å². The Morgan fingerprint density at radius 1 is 0.773 bits per heavy atom. The van der Waals surface area contributed by atoms with Crippen LogP contribution >= 0.6 is 0 Å². The smallest absolute Gasteiger partial charge is 0.274 e. The van der Waals surface area contributed by atoms with E-state index in [1.165, 1.54) is 0 Å². The molecule has 1 heterocycles. The van der Waals surface area contributed by atoms with Gasteiger partial charge in [-0.05, 0) is 92.3 Å². The van der Waals surface area contributed by atoms with E-state index in [1.54, 1.807) is 41.4 Å². The van der Waals surface area contributed by atoms with E-state index >= 15 is 0 Å². The highest BCUT2D eigenvalue weighted by Gasteiger charge is 2.44. The molecule has 2 atom stereocenters. The lowest BCUT2D eigenvalue weighted by molar-refractivity contribution is 0.0680. The Labute approximate surface area is 258 Å². The third-order valence-corrected chi connectivity index (χ3v) is 8.20. The molecule has 6 nitrogen and oxygen atoms in total. The van der Waals surface area contributed by atoms with Crippen molar-refractivity contribution in [3.8, 4) is 11.5 Å². The van der Waals surface area contributed by atoms with E-state index in [9.17, 15) is 9.59 Å². The van der Waals surface area contributed by atoms with E-state index in [1.807, 2.05) is 68.4 Å². The summed E-state index contributed by atoms with van der Waals surface area (Å²) in [6.07, 6.45) is 5.04. The molecule has 1 aliphatic heterocycles. The van der Waals surface area contributed by atoms with Crippen molar-refractivity contribution in [2.24, 2.45) is 11.0 Å². The summed E-state index contributed by atoms with van der Waals surface area (Å²) in [7, 11) is 0. The number of hydrogen-bond acceptors (Lipinski definition) is 5. The number of carbonyl (C=O) groups excluding carboxylic acids is 2. The van der Waals surface area contributed by atoms with E-state index in [0.29, 0.717) is 29.9 Å². The summed E-state index contributed by atoms with van der Waals surface area (Å²) in [5.74, 6) is 1.45. The van der Waals surface area contributed by atoms with Crippen molar-refractivity contribution in [1.29, 1.82) is 0 Å². The molecule has 1 amide bonds. The quantitative estimate of drug-likeness (QED) is 0.186. The van der Waals surface area contributed by atoms with Crippen molar-refractivity contribution in [3.05, 3.63) is 137 Å². The van der Waals surface area contributed by atoms with Gasteiger partial charge in [0.1, 0.15) is 11.5 Å². The SMILES string of the molecule is CCOc1ccc(/C=C2/CCC[C@H]3C2=NN(C(=O)c2ccc(C(=O)c4ccccc4)cc2)[C@H]3c2ccc(OCC)cc2)cc1. The molecule has 1 saturated carbocycles. The molecule has 0 unspecified atom stereocenters. The van der Waals surface area contributed by atoms with E-state index < -0.39 is 0 Å². The van der Waals surface area contributed by atoms with Crippen molar-refractivity contribution in [1.82, 2.24) is 5.01 Å². The van der Waals surface area contributed by atoms with Crippen LogP contribution in [0.3, 0.4) is 0 Å². The van der Waals surface area contributed by atoms with Crippen molar-refractivity contribution < 1.29 is 19.1 Å². The first-order valence-electron chi connectivity index (χ1n) is 15.3. The molecule has 0 aromatic heterocycles. The number of fused-ring (bicyclic) bond motifs is 1. The van der Waals surface area contributed by atoms with Gasteiger partial charge in [-0.15, -0.1) is 0 Å². The lowest BCUT2D eigenvalue weighted by Gasteiger charge is -2.30. The van der Waals surface area contributed by atoms with E-state index in [-0.39, 0.29) is 23.7 Å². The summed E-state index contributed by atoms with van der Waals surface area (Å²) in [5.41, 5.74) is 5.86. The second kappa shape index (κ2) is 13.1. The monoisotopic (exact) mass is 584 g/mol. The maximum atomic E-state index is 14.1. The van der Waals surface area contributed by atoms with Crippen LogP contribution in [0.1, 0.15) is 76.6 Å². The summed E-state index contributed by atoms with van der Waals surface area (Å²) in [5, 5.41) is 6.70. The predicted molar refractivity (Wildman–Crippen MR) is 173 cm³/mol. The first kappa shape index (κ1) is 29.1. The fourth-order valence-electron chi connectivity index (χ4n) is 6.11. The first-order valence-corrected chi connectivity index (χ1v) is 15.3. The highest BCUT2D eigenvalue weighted by atomic mass is 16.5. The van der Waals surface area contributed by atoms with Gasteiger partial charge in [0.25, 0.3) is 5.91 Å². The van der Waals surface area contributed by atoms with Gasteiger partial charge in [0.2, 0.25) is 0 Å². The molecule has 2 aliphatic rings. The highest BCUT2D eigenvalue weighted by molar-refractivity contribution is 6.10.